The van der Waals surface area contributed by atoms with Gasteiger partial charge >= 0.3 is 0 Å². The Morgan fingerprint density at radius 3 is 2.88 bits per heavy atom. The summed E-state index contributed by atoms with van der Waals surface area (Å²) < 4.78 is 7.80. The molecule has 2 amide bonds. The largest absolute Gasteiger partial charge is 0.371 e. The Hall–Kier alpha value is -1.82. The van der Waals surface area contributed by atoms with Crippen LogP contribution in [-0.2, 0) is 16.6 Å². The van der Waals surface area contributed by atoms with E-state index in [1.54, 1.807) is 0 Å². The van der Waals surface area contributed by atoms with Crippen LogP contribution in [0.2, 0.25) is 0 Å². The highest BCUT2D eigenvalue weighted by Crippen LogP contribution is 2.41. The lowest BCUT2D eigenvalue weighted by Gasteiger charge is -2.50. The Labute approximate surface area is 143 Å². The van der Waals surface area contributed by atoms with Gasteiger partial charge in [-0.3, -0.25) is 9.59 Å². The molecule has 24 heavy (non-hydrogen) atoms. The Morgan fingerprint density at radius 1 is 1.42 bits per heavy atom. The van der Waals surface area contributed by atoms with Crippen LogP contribution in [0.3, 0.4) is 0 Å². The zero-order chi connectivity index (χ0) is 17.2. The lowest BCUT2D eigenvalue weighted by Crippen LogP contribution is -2.66. The van der Waals surface area contributed by atoms with Gasteiger partial charge in [0.1, 0.15) is 11.3 Å². The first kappa shape index (κ1) is 17.0. The van der Waals surface area contributed by atoms with Gasteiger partial charge in [0.05, 0.1) is 13.1 Å². The molecule has 1 aromatic heterocycles. The highest BCUT2D eigenvalue weighted by molar-refractivity contribution is 5.92. The van der Waals surface area contributed by atoms with Gasteiger partial charge in [-0.05, 0) is 37.3 Å². The fourth-order valence-electron chi connectivity index (χ4n) is 3.84. The maximum absolute atomic E-state index is 12.1. The highest BCUT2D eigenvalue weighted by atomic mass is 16.5. The molecule has 0 bridgehead atoms. The summed E-state index contributed by atoms with van der Waals surface area (Å²) in [7, 11) is 1.87. The number of amides is 2. The highest BCUT2D eigenvalue weighted by Gasteiger charge is 2.53. The van der Waals surface area contributed by atoms with E-state index in [1.165, 1.54) is 0 Å². The number of hydrogen-bond donors (Lipinski definition) is 1. The van der Waals surface area contributed by atoms with Crippen LogP contribution in [0, 0.1) is 5.92 Å². The second kappa shape index (κ2) is 6.97. The third-order valence-electron chi connectivity index (χ3n) is 5.29. The van der Waals surface area contributed by atoms with Crippen molar-refractivity contribution in [3.63, 3.8) is 0 Å². The average Bonchev–Trinajstić information content (AvgIpc) is 3.12. The van der Waals surface area contributed by atoms with Gasteiger partial charge in [-0.2, -0.15) is 0 Å². The Balaban J connectivity index is 1.47. The van der Waals surface area contributed by atoms with Crippen molar-refractivity contribution in [1.29, 1.82) is 0 Å². The van der Waals surface area contributed by atoms with Crippen LogP contribution in [0.5, 0.6) is 0 Å². The molecule has 0 aliphatic carbocycles. The molecule has 2 saturated heterocycles. The van der Waals surface area contributed by atoms with Crippen molar-refractivity contribution in [1.82, 2.24) is 14.8 Å². The number of nitrogens with one attached hydrogen (secondary N) is 1. The van der Waals surface area contributed by atoms with Crippen LogP contribution in [0.4, 0.5) is 0 Å². The number of aromatic nitrogens is 1. The SMILES string of the molecule is CCCC(=O)N1CC2(C1)OCC[C@@H]2CCNC(=O)c1cccn1C. The van der Waals surface area contributed by atoms with Crippen LogP contribution in [-0.4, -0.2) is 53.1 Å². The third kappa shape index (κ3) is 3.20. The number of hydrogen-bond acceptors (Lipinski definition) is 3. The second-order valence-electron chi connectivity index (χ2n) is 6.95. The van der Waals surface area contributed by atoms with Gasteiger partial charge in [-0.15, -0.1) is 0 Å². The number of carbonyl (C=O) groups excluding carboxylic acids is 2. The van der Waals surface area contributed by atoms with Gasteiger partial charge in [-0.25, -0.2) is 0 Å². The van der Waals surface area contributed by atoms with E-state index in [4.69, 9.17) is 4.74 Å². The number of carbonyl (C=O) groups is 2. The van der Waals surface area contributed by atoms with Crippen molar-refractivity contribution in [3.8, 4) is 0 Å². The van der Waals surface area contributed by atoms with Crippen LogP contribution < -0.4 is 5.32 Å². The predicted molar refractivity (Wildman–Crippen MR) is 90.6 cm³/mol. The molecule has 3 heterocycles. The monoisotopic (exact) mass is 333 g/mol. The van der Waals surface area contributed by atoms with Crippen LogP contribution >= 0.6 is 0 Å². The lowest BCUT2D eigenvalue weighted by molar-refractivity contribution is -0.165. The molecule has 6 heteroatoms. The standard InChI is InChI=1S/C18H27N3O3/c1-3-5-16(22)21-12-18(13-21)14(8-11-24-18)7-9-19-17(23)15-6-4-10-20(15)2/h4,6,10,14H,3,5,7-9,11-13H2,1-2H3,(H,19,23)/t14-/m0/s1. The summed E-state index contributed by atoms with van der Waals surface area (Å²) in [6.45, 7) is 4.84. The van der Waals surface area contributed by atoms with Crippen molar-refractivity contribution in [3.05, 3.63) is 24.0 Å². The zero-order valence-electron chi connectivity index (χ0n) is 14.6. The first-order valence-corrected chi connectivity index (χ1v) is 8.87. The molecular formula is C18H27N3O3. The van der Waals surface area contributed by atoms with Gasteiger partial charge in [0.15, 0.2) is 0 Å². The summed E-state index contributed by atoms with van der Waals surface area (Å²) in [6.07, 6.45) is 5.28. The number of rotatable bonds is 6. The number of likely N-dealkylation sites (tertiary alicyclic amines) is 1. The minimum absolute atomic E-state index is 0.0381. The van der Waals surface area contributed by atoms with Crippen LogP contribution in [0.1, 0.15) is 43.1 Å². The summed E-state index contributed by atoms with van der Waals surface area (Å²) in [5.41, 5.74) is 0.506. The molecule has 1 spiro atoms. The molecule has 1 aromatic rings. The molecular weight excluding hydrogens is 306 g/mol. The minimum atomic E-state index is -0.168. The van der Waals surface area contributed by atoms with Gasteiger partial charge in [0, 0.05) is 32.8 Å². The smallest absolute Gasteiger partial charge is 0.267 e. The molecule has 2 aliphatic heterocycles. The Kier molecular flexibility index (Phi) is 4.94. The summed E-state index contributed by atoms with van der Waals surface area (Å²) in [5, 5.41) is 3.00. The second-order valence-corrected chi connectivity index (χ2v) is 6.95. The molecule has 2 aliphatic rings. The number of ether oxygens (including phenoxy) is 1. The summed E-state index contributed by atoms with van der Waals surface area (Å²) in [4.78, 5) is 26.0. The first-order valence-electron chi connectivity index (χ1n) is 8.87. The molecule has 0 aromatic carbocycles. The maximum Gasteiger partial charge on any atom is 0.267 e. The van der Waals surface area contributed by atoms with E-state index in [0.29, 0.717) is 37.7 Å². The molecule has 1 atom stereocenters. The first-order chi connectivity index (χ1) is 11.6. The van der Waals surface area contributed by atoms with Gasteiger partial charge in [0.25, 0.3) is 5.91 Å². The van der Waals surface area contributed by atoms with Gasteiger partial charge < -0.3 is 19.5 Å². The zero-order valence-corrected chi connectivity index (χ0v) is 14.6. The van der Waals surface area contributed by atoms with Crippen molar-refractivity contribution < 1.29 is 14.3 Å². The van der Waals surface area contributed by atoms with Crippen molar-refractivity contribution in [2.24, 2.45) is 13.0 Å². The van der Waals surface area contributed by atoms with E-state index in [1.807, 2.05) is 41.8 Å². The molecule has 0 radical (unpaired) electrons. The van der Waals surface area contributed by atoms with E-state index in [9.17, 15) is 9.59 Å². The minimum Gasteiger partial charge on any atom is -0.371 e. The summed E-state index contributed by atoms with van der Waals surface area (Å²) in [5.74, 6) is 0.607. The topological polar surface area (TPSA) is 63.6 Å². The van der Waals surface area contributed by atoms with Crippen molar-refractivity contribution >= 4 is 11.8 Å². The van der Waals surface area contributed by atoms with E-state index < -0.39 is 0 Å². The predicted octanol–water partition coefficient (Wildman–Crippen LogP) is 1.56. The molecule has 6 nitrogen and oxygen atoms in total. The van der Waals surface area contributed by atoms with E-state index >= 15 is 0 Å². The Morgan fingerprint density at radius 2 is 2.21 bits per heavy atom. The van der Waals surface area contributed by atoms with Gasteiger partial charge in [-0.1, -0.05) is 6.92 Å². The fourth-order valence-corrected chi connectivity index (χ4v) is 3.84. The molecule has 1 N–H and O–H groups in total. The molecule has 0 saturated carbocycles. The summed E-state index contributed by atoms with van der Waals surface area (Å²) >= 11 is 0. The van der Waals surface area contributed by atoms with Gasteiger partial charge in [0.2, 0.25) is 5.91 Å². The number of nitrogens with zero attached hydrogens (tertiary/aromatic N) is 2. The third-order valence-corrected chi connectivity index (χ3v) is 5.29. The quantitative estimate of drug-likeness (QED) is 0.859. The van der Waals surface area contributed by atoms with Crippen molar-refractivity contribution in [2.75, 3.05) is 26.2 Å². The average molecular weight is 333 g/mol. The lowest BCUT2D eigenvalue weighted by atomic mass is 9.78. The van der Waals surface area contributed by atoms with Crippen molar-refractivity contribution in [2.45, 2.75) is 38.2 Å². The Bertz CT molecular complexity index is 604. The summed E-state index contributed by atoms with van der Waals surface area (Å²) in [6, 6.07) is 3.68. The molecule has 3 rings (SSSR count). The molecule has 0 unspecified atom stereocenters. The molecule has 2 fully saturated rings. The fraction of sp³-hybridized carbons (Fsp3) is 0.667. The van der Waals surface area contributed by atoms with E-state index in [0.717, 1.165) is 25.9 Å². The molecule has 132 valence electrons. The normalized spacial score (nSPS) is 21.8. The maximum atomic E-state index is 12.1. The number of aryl methyl sites for hydroxylation is 1. The van der Waals surface area contributed by atoms with Crippen LogP contribution in [0.15, 0.2) is 18.3 Å². The van der Waals surface area contributed by atoms with E-state index in [2.05, 4.69) is 5.32 Å². The van der Waals surface area contributed by atoms with Crippen LogP contribution in [0.25, 0.3) is 0 Å². The van der Waals surface area contributed by atoms with E-state index in [-0.39, 0.29) is 17.4 Å².